The summed E-state index contributed by atoms with van der Waals surface area (Å²) in [7, 11) is 1.56. The molecule has 0 saturated heterocycles. The molecular weight excluding hydrogens is 220 g/mol. The van der Waals surface area contributed by atoms with E-state index < -0.39 is 17.5 Å². The van der Waals surface area contributed by atoms with Crippen LogP contribution in [0.4, 0.5) is 0 Å². The molecule has 1 aromatic carbocycles. The van der Waals surface area contributed by atoms with Gasteiger partial charge in [0, 0.05) is 18.2 Å². The molecule has 0 fully saturated rings. The van der Waals surface area contributed by atoms with Gasteiger partial charge in [0.05, 0.1) is 6.10 Å². The average Bonchev–Trinajstić information content (AvgIpc) is 2.40. The van der Waals surface area contributed by atoms with Gasteiger partial charge in [-0.3, -0.25) is 0 Å². The topological polar surface area (TPSA) is 47.9 Å². The van der Waals surface area contributed by atoms with Gasteiger partial charge in [-0.25, -0.2) is 4.89 Å². The number of methoxy groups -OCH3 is 1. The molecule has 4 rings (SSSR count). The van der Waals surface area contributed by atoms with Crippen LogP contribution >= 0.6 is 0 Å². The van der Waals surface area contributed by atoms with Gasteiger partial charge in [0.1, 0.15) is 0 Å². The van der Waals surface area contributed by atoms with E-state index in [2.05, 4.69) is 0 Å². The fourth-order valence-electron chi connectivity index (χ4n) is 2.46. The van der Waals surface area contributed by atoms with Gasteiger partial charge >= 0.3 is 0 Å². The zero-order valence-electron chi connectivity index (χ0n) is 9.71. The van der Waals surface area contributed by atoms with E-state index in [4.69, 9.17) is 14.5 Å². The second-order valence-corrected chi connectivity index (χ2v) is 4.39. The Morgan fingerprint density at radius 1 is 1.18 bits per heavy atom. The van der Waals surface area contributed by atoms with Crippen LogP contribution in [-0.4, -0.2) is 18.3 Å². The zero-order valence-corrected chi connectivity index (χ0v) is 9.71. The standard InChI is InChI=1S/C13H14O4/c1-9(14)12-7-8-13(15-2,17-16-12)11-6-4-3-5-10(11)12/h3-9,14H,1-2H3/t9-,12-,13-/m0/s1. The Bertz CT molecular complexity index is 482. The first kappa shape index (κ1) is 10.9. The highest BCUT2D eigenvalue weighted by Crippen LogP contribution is 2.50. The second-order valence-electron chi connectivity index (χ2n) is 4.39. The highest BCUT2D eigenvalue weighted by Gasteiger charge is 2.54. The summed E-state index contributed by atoms with van der Waals surface area (Å²) in [4.78, 5) is 10.7. The molecule has 90 valence electrons. The lowest BCUT2D eigenvalue weighted by atomic mass is 9.77. The van der Waals surface area contributed by atoms with E-state index in [-0.39, 0.29) is 0 Å². The number of hydrogen-bond donors (Lipinski definition) is 1. The molecule has 2 aliphatic heterocycles. The third kappa shape index (κ3) is 1.21. The fourth-order valence-corrected chi connectivity index (χ4v) is 2.46. The summed E-state index contributed by atoms with van der Waals surface area (Å²) in [6.07, 6.45) is 2.87. The van der Waals surface area contributed by atoms with Crippen LogP contribution in [0.3, 0.4) is 0 Å². The summed E-state index contributed by atoms with van der Waals surface area (Å²) >= 11 is 0. The van der Waals surface area contributed by atoms with Crippen LogP contribution in [0.5, 0.6) is 0 Å². The zero-order chi connectivity index (χ0) is 12.1. The minimum Gasteiger partial charge on any atom is -0.390 e. The first-order valence-electron chi connectivity index (χ1n) is 5.55. The van der Waals surface area contributed by atoms with Crippen molar-refractivity contribution in [3.8, 4) is 0 Å². The third-order valence-corrected chi connectivity index (χ3v) is 3.50. The number of aliphatic hydroxyl groups is 1. The molecule has 1 aromatic rings. The van der Waals surface area contributed by atoms with Gasteiger partial charge < -0.3 is 9.84 Å². The predicted molar refractivity (Wildman–Crippen MR) is 59.8 cm³/mol. The van der Waals surface area contributed by atoms with E-state index in [1.807, 2.05) is 24.3 Å². The number of fused-ring (bicyclic) bond motifs is 1. The maximum atomic E-state index is 9.96. The molecule has 0 unspecified atom stereocenters. The summed E-state index contributed by atoms with van der Waals surface area (Å²) in [5, 5.41) is 9.96. The van der Waals surface area contributed by atoms with Gasteiger partial charge in [-0.1, -0.05) is 24.3 Å². The van der Waals surface area contributed by atoms with Crippen LogP contribution in [0, 0.1) is 0 Å². The van der Waals surface area contributed by atoms with Crippen molar-refractivity contribution in [3.05, 3.63) is 47.5 Å². The summed E-state index contributed by atoms with van der Waals surface area (Å²) < 4.78 is 5.40. The molecule has 0 radical (unpaired) electrons. The molecular formula is C13H14O4. The maximum absolute atomic E-state index is 9.96. The van der Waals surface area contributed by atoms with E-state index in [1.165, 1.54) is 0 Å². The van der Waals surface area contributed by atoms with Crippen molar-refractivity contribution in [2.24, 2.45) is 0 Å². The summed E-state index contributed by atoms with van der Waals surface area (Å²) in [5.74, 6) is -0.993. The number of aliphatic hydroxyl groups excluding tert-OH is 1. The van der Waals surface area contributed by atoms with Gasteiger partial charge in [-0.15, -0.1) is 0 Å². The van der Waals surface area contributed by atoms with Crippen molar-refractivity contribution >= 4 is 0 Å². The number of ether oxygens (including phenoxy) is 1. The summed E-state index contributed by atoms with van der Waals surface area (Å²) in [6.45, 7) is 1.68. The van der Waals surface area contributed by atoms with Crippen LogP contribution in [-0.2, 0) is 25.9 Å². The molecule has 0 aromatic heterocycles. The lowest BCUT2D eigenvalue weighted by Gasteiger charge is -2.48. The molecule has 2 heterocycles. The highest BCUT2D eigenvalue weighted by atomic mass is 17.2. The van der Waals surface area contributed by atoms with Crippen molar-refractivity contribution in [1.82, 2.24) is 0 Å². The van der Waals surface area contributed by atoms with Gasteiger partial charge in [-0.05, 0) is 19.1 Å². The van der Waals surface area contributed by atoms with E-state index >= 15 is 0 Å². The molecule has 1 N–H and O–H groups in total. The normalized spacial score (nSPS) is 35.7. The van der Waals surface area contributed by atoms with Crippen molar-refractivity contribution in [3.63, 3.8) is 0 Å². The predicted octanol–water partition coefficient (Wildman–Crippen LogP) is 1.59. The lowest BCUT2D eigenvalue weighted by Crippen LogP contribution is -2.52. The largest absolute Gasteiger partial charge is 0.390 e. The molecule has 17 heavy (non-hydrogen) atoms. The van der Waals surface area contributed by atoms with Crippen LogP contribution in [0.2, 0.25) is 0 Å². The minimum absolute atomic E-state index is 0.713. The Balaban J connectivity index is 2.27. The van der Waals surface area contributed by atoms with E-state index in [1.54, 1.807) is 26.2 Å². The highest BCUT2D eigenvalue weighted by molar-refractivity contribution is 5.46. The quantitative estimate of drug-likeness (QED) is 0.623. The number of benzene rings is 1. The van der Waals surface area contributed by atoms with Crippen LogP contribution in [0.15, 0.2) is 36.4 Å². The van der Waals surface area contributed by atoms with Crippen LogP contribution in [0.1, 0.15) is 18.1 Å². The van der Waals surface area contributed by atoms with Crippen LogP contribution < -0.4 is 0 Å². The second kappa shape index (κ2) is 3.40. The Morgan fingerprint density at radius 3 is 2.41 bits per heavy atom. The molecule has 3 aliphatic rings. The Hall–Kier alpha value is -1.20. The SMILES string of the molecule is CO[C@@]12C=C[C@@]([C@H](C)O)(OO1)c1ccccc12. The van der Waals surface area contributed by atoms with Gasteiger partial charge in [-0.2, -0.15) is 4.89 Å². The van der Waals surface area contributed by atoms with E-state index in [0.717, 1.165) is 11.1 Å². The molecule has 0 amide bonds. The minimum atomic E-state index is -0.993. The molecule has 4 nitrogen and oxygen atoms in total. The Kier molecular flexibility index (Phi) is 2.18. The van der Waals surface area contributed by atoms with Crippen molar-refractivity contribution in [2.45, 2.75) is 24.4 Å². The molecule has 3 atom stereocenters. The van der Waals surface area contributed by atoms with Crippen molar-refractivity contribution in [2.75, 3.05) is 7.11 Å². The van der Waals surface area contributed by atoms with Gasteiger partial charge in [0.2, 0.25) is 5.79 Å². The van der Waals surface area contributed by atoms with Gasteiger partial charge in [0.25, 0.3) is 0 Å². The van der Waals surface area contributed by atoms with Crippen molar-refractivity contribution < 1.29 is 19.6 Å². The first-order chi connectivity index (χ1) is 8.15. The average molecular weight is 234 g/mol. The molecule has 4 heteroatoms. The van der Waals surface area contributed by atoms with E-state index in [9.17, 15) is 5.11 Å². The molecule has 2 bridgehead atoms. The van der Waals surface area contributed by atoms with Crippen molar-refractivity contribution in [1.29, 1.82) is 0 Å². The third-order valence-electron chi connectivity index (χ3n) is 3.50. The smallest absolute Gasteiger partial charge is 0.247 e. The number of rotatable bonds is 2. The monoisotopic (exact) mass is 234 g/mol. The Morgan fingerprint density at radius 2 is 1.88 bits per heavy atom. The first-order valence-corrected chi connectivity index (χ1v) is 5.55. The Labute approximate surface area is 99.3 Å². The lowest BCUT2D eigenvalue weighted by molar-refractivity contribution is -0.480. The maximum Gasteiger partial charge on any atom is 0.247 e. The van der Waals surface area contributed by atoms with Gasteiger partial charge in [0.15, 0.2) is 5.60 Å². The molecule has 0 saturated carbocycles. The number of hydrogen-bond acceptors (Lipinski definition) is 4. The van der Waals surface area contributed by atoms with E-state index in [0.29, 0.717) is 0 Å². The fraction of sp³-hybridized carbons (Fsp3) is 0.385. The summed E-state index contributed by atoms with van der Waals surface area (Å²) in [6, 6.07) is 7.65. The molecule has 0 spiro atoms. The molecule has 1 aliphatic carbocycles. The van der Waals surface area contributed by atoms with Crippen LogP contribution in [0.25, 0.3) is 0 Å². The summed E-state index contributed by atoms with van der Waals surface area (Å²) in [5.41, 5.74) is 0.819.